The van der Waals surface area contributed by atoms with Crippen molar-refractivity contribution in [2.45, 2.75) is 19.3 Å². The van der Waals surface area contributed by atoms with Crippen molar-refractivity contribution in [2.24, 2.45) is 0 Å². The van der Waals surface area contributed by atoms with E-state index in [1.807, 2.05) is 6.07 Å². The van der Waals surface area contributed by atoms with E-state index in [4.69, 9.17) is 14.9 Å². The predicted octanol–water partition coefficient (Wildman–Crippen LogP) is 2.22. The third-order valence-electron chi connectivity index (χ3n) is 3.36. The van der Waals surface area contributed by atoms with Gasteiger partial charge in [0, 0.05) is 23.6 Å². The van der Waals surface area contributed by atoms with Crippen LogP contribution >= 0.6 is 0 Å². The Morgan fingerprint density at radius 2 is 1.79 bits per heavy atom. The number of rotatable bonds is 7. The van der Waals surface area contributed by atoms with E-state index in [2.05, 4.69) is 42.3 Å². The van der Waals surface area contributed by atoms with Gasteiger partial charge in [0.05, 0.1) is 20.0 Å². The lowest BCUT2D eigenvalue weighted by atomic mass is 10.1. The normalized spacial score (nSPS) is 10.3. The Labute approximate surface area is 140 Å². The molecule has 1 aromatic heterocycles. The number of benzene rings is 1. The summed E-state index contributed by atoms with van der Waals surface area (Å²) in [6.07, 6.45) is 2.55. The number of likely N-dealkylation sites (N-methyl/N-ethyl adjacent to an activating group) is 1. The van der Waals surface area contributed by atoms with Crippen LogP contribution in [0.3, 0.4) is 0 Å². The van der Waals surface area contributed by atoms with Crippen molar-refractivity contribution >= 4 is 22.8 Å². The summed E-state index contributed by atoms with van der Waals surface area (Å²) >= 11 is 0. The Kier molecular flexibility index (Phi) is 7.77. The molecule has 0 unspecified atom stereocenters. The minimum Gasteiger partial charge on any atom is -0.497 e. The summed E-state index contributed by atoms with van der Waals surface area (Å²) in [6.45, 7) is 1.06. The topological polar surface area (TPSA) is 103 Å². The van der Waals surface area contributed by atoms with Gasteiger partial charge in [0.15, 0.2) is 0 Å². The van der Waals surface area contributed by atoms with Crippen molar-refractivity contribution in [1.29, 1.82) is 0 Å². The highest BCUT2D eigenvalue weighted by Gasteiger charge is 2.05. The first kappa shape index (κ1) is 19.5. The molecule has 0 saturated heterocycles. The number of hydrogen-bond donors (Lipinski definition) is 3. The van der Waals surface area contributed by atoms with Gasteiger partial charge in [-0.25, -0.2) is 0 Å². The molecule has 0 radical (unpaired) electrons. The second kappa shape index (κ2) is 9.57. The number of nitrogens with one attached hydrogen (secondary N) is 1. The number of carbonyl (C=O) groups is 2. The van der Waals surface area contributed by atoms with Crippen molar-refractivity contribution in [3.8, 4) is 5.75 Å². The van der Waals surface area contributed by atoms with Gasteiger partial charge in [0.2, 0.25) is 0 Å². The first-order chi connectivity index (χ1) is 11.3. The number of aromatic nitrogens is 1. The number of fused-ring (bicyclic) bond motifs is 1. The average molecular weight is 336 g/mol. The molecule has 7 heteroatoms. The Hall–Kier alpha value is -2.54. The maximum Gasteiger partial charge on any atom is 0.303 e. The smallest absolute Gasteiger partial charge is 0.303 e. The summed E-state index contributed by atoms with van der Waals surface area (Å²) in [5.74, 6) is -1.24. The Morgan fingerprint density at radius 1 is 1.17 bits per heavy atom. The van der Waals surface area contributed by atoms with Crippen LogP contribution in [0.5, 0.6) is 5.75 Å². The third kappa shape index (κ3) is 6.70. The number of ether oxygens (including phenoxy) is 1. The van der Waals surface area contributed by atoms with Gasteiger partial charge in [-0.15, -0.1) is 0 Å². The molecule has 7 nitrogen and oxygen atoms in total. The molecule has 3 N–H and O–H groups in total. The van der Waals surface area contributed by atoms with Crippen molar-refractivity contribution in [2.75, 3.05) is 27.7 Å². The highest BCUT2D eigenvalue weighted by molar-refractivity contribution is 5.84. The summed E-state index contributed by atoms with van der Waals surface area (Å²) < 4.78 is 5.25. The van der Waals surface area contributed by atoms with Crippen LogP contribution in [0.1, 0.15) is 18.4 Å². The minimum absolute atomic E-state index is 0.296. The summed E-state index contributed by atoms with van der Waals surface area (Å²) in [6, 6.07) is 6.14. The Bertz CT molecular complexity index is 665. The van der Waals surface area contributed by atoms with Gasteiger partial charge in [0.25, 0.3) is 0 Å². The molecule has 0 fully saturated rings. The maximum absolute atomic E-state index is 9.64. The van der Waals surface area contributed by atoms with Gasteiger partial charge in [0.1, 0.15) is 5.75 Å². The van der Waals surface area contributed by atoms with Crippen LogP contribution in [0.4, 0.5) is 0 Å². The van der Waals surface area contributed by atoms with E-state index in [-0.39, 0.29) is 12.8 Å². The van der Waals surface area contributed by atoms with Gasteiger partial charge in [-0.2, -0.15) is 0 Å². The van der Waals surface area contributed by atoms with Crippen molar-refractivity contribution < 1.29 is 24.5 Å². The molecule has 0 atom stereocenters. The number of H-pyrrole nitrogens is 1. The summed E-state index contributed by atoms with van der Waals surface area (Å²) in [7, 11) is 5.89. The van der Waals surface area contributed by atoms with Crippen molar-refractivity contribution in [3.63, 3.8) is 0 Å². The van der Waals surface area contributed by atoms with Crippen molar-refractivity contribution in [1.82, 2.24) is 9.88 Å². The molecule has 0 bridgehead atoms. The summed E-state index contributed by atoms with van der Waals surface area (Å²) in [5, 5.41) is 17.1. The zero-order valence-electron chi connectivity index (χ0n) is 14.2. The Morgan fingerprint density at radius 3 is 2.29 bits per heavy atom. The first-order valence-corrected chi connectivity index (χ1v) is 7.55. The van der Waals surface area contributed by atoms with Gasteiger partial charge < -0.3 is 24.8 Å². The molecule has 0 spiro atoms. The van der Waals surface area contributed by atoms with Crippen LogP contribution in [-0.2, 0) is 16.0 Å². The summed E-state index contributed by atoms with van der Waals surface area (Å²) in [5.41, 5.74) is 2.53. The lowest BCUT2D eigenvalue weighted by Crippen LogP contribution is -2.14. The maximum atomic E-state index is 9.64. The molecule has 1 aromatic carbocycles. The highest BCUT2D eigenvalue weighted by Crippen LogP contribution is 2.23. The molecule has 0 aliphatic heterocycles. The second-order valence-electron chi connectivity index (χ2n) is 5.57. The molecule has 0 aliphatic carbocycles. The van der Waals surface area contributed by atoms with E-state index in [1.165, 1.54) is 16.5 Å². The fourth-order valence-electron chi connectivity index (χ4n) is 2.05. The average Bonchev–Trinajstić information content (AvgIpc) is 2.93. The van der Waals surface area contributed by atoms with Gasteiger partial charge in [-0.05, 0) is 44.3 Å². The molecule has 0 saturated carbocycles. The van der Waals surface area contributed by atoms with Crippen LogP contribution in [0, 0.1) is 0 Å². The number of methoxy groups -OCH3 is 1. The van der Waals surface area contributed by atoms with Gasteiger partial charge >= 0.3 is 11.9 Å². The quantitative estimate of drug-likeness (QED) is 0.716. The lowest BCUT2D eigenvalue weighted by molar-refractivity contribution is -0.143. The number of hydrogen-bond acceptors (Lipinski definition) is 4. The number of carboxylic acid groups (broad SMARTS) is 2. The number of nitrogens with zero attached hydrogens (tertiary/aromatic N) is 1. The standard InChI is InChI=1S/C13H18N2O.C4H6O4/c1-15(2)7-6-10-9-14-13-5-4-11(16-3)8-12(10)13;5-3(6)1-2-4(7)8/h4-5,8-9,14H,6-7H2,1-3H3;1-2H2,(H,5,6)(H,7,8). The monoisotopic (exact) mass is 336 g/mol. The largest absolute Gasteiger partial charge is 0.497 e. The van der Waals surface area contributed by atoms with E-state index in [9.17, 15) is 9.59 Å². The molecule has 0 amide bonds. The molecule has 24 heavy (non-hydrogen) atoms. The van der Waals surface area contributed by atoms with Crippen LogP contribution < -0.4 is 4.74 Å². The minimum atomic E-state index is -1.08. The molecule has 2 rings (SSSR count). The van der Waals surface area contributed by atoms with Gasteiger partial charge in [-0.1, -0.05) is 0 Å². The summed E-state index contributed by atoms with van der Waals surface area (Å²) in [4.78, 5) is 24.8. The second-order valence-corrected chi connectivity index (χ2v) is 5.57. The molecule has 0 aliphatic rings. The lowest BCUT2D eigenvalue weighted by Gasteiger charge is -2.08. The van der Waals surface area contributed by atoms with E-state index in [0.717, 1.165) is 18.7 Å². The van der Waals surface area contributed by atoms with E-state index < -0.39 is 11.9 Å². The predicted molar refractivity (Wildman–Crippen MR) is 91.6 cm³/mol. The molecule has 132 valence electrons. The zero-order valence-corrected chi connectivity index (χ0v) is 14.2. The number of carboxylic acids is 2. The van der Waals surface area contributed by atoms with E-state index in [0.29, 0.717) is 0 Å². The van der Waals surface area contributed by atoms with Crippen LogP contribution in [0.25, 0.3) is 10.9 Å². The van der Waals surface area contributed by atoms with Crippen LogP contribution in [0.2, 0.25) is 0 Å². The van der Waals surface area contributed by atoms with Crippen molar-refractivity contribution in [3.05, 3.63) is 30.0 Å². The first-order valence-electron chi connectivity index (χ1n) is 7.55. The molecule has 1 heterocycles. The molecular formula is C17H24N2O5. The molecule has 2 aromatic rings. The fourth-order valence-corrected chi connectivity index (χ4v) is 2.05. The highest BCUT2D eigenvalue weighted by atomic mass is 16.5. The zero-order chi connectivity index (χ0) is 18.1. The molecular weight excluding hydrogens is 312 g/mol. The number of aliphatic carboxylic acids is 2. The van der Waals surface area contributed by atoms with E-state index >= 15 is 0 Å². The Balaban J connectivity index is 0.000000307. The number of aromatic amines is 1. The third-order valence-corrected chi connectivity index (χ3v) is 3.36. The van der Waals surface area contributed by atoms with Crippen LogP contribution in [0.15, 0.2) is 24.4 Å². The van der Waals surface area contributed by atoms with Gasteiger partial charge in [-0.3, -0.25) is 9.59 Å². The van der Waals surface area contributed by atoms with E-state index in [1.54, 1.807) is 7.11 Å². The fraction of sp³-hybridized carbons (Fsp3) is 0.412. The van der Waals surface area contributed by atoms with Crippen LogP contribution in [-0.4, -0.2) is 59.8 Å². The SMILES string of the molecule is COc1ccc2[nH]cc(CCN(C)C)c2c1.O=C(O)CCC(=O)O.